The van der Waals surface area contributed by atoms with E-state index in [0.29, 0.717) is 6.04 Å². The van der Waals surface area contributed by atoms with Gasteiger partial charge in [-0.2, -0.15) is 0 Å². The Bertz CT molecular complexity index is 307. The summed E-state index contributed by atoms with van der Waals surface area (Å²) < 4.78 is 5.10. The molecule has 4 heteroatoms. The lowest BCUT2D eigenvalue weighted by atomic mass is 10.0. The van der Waals surface area contributed by atoms with Crippen molar-refractivity contribution in [3.05, 3.63) is 29.0 Å². The van der Waals surface area contributed by atoms with Gasteiger partial charge in [-0.3, -0.25) is 4.98 Å². The summed E-state index contributed by atoms with van der Waals surface area (Å²) in [6, 6.07) is 2.38. The monoisotopic (exact) mass is 242 g/mol. The Kier molecular flexibility index (Phi) is 6.38. The number of ether oxygens (including phenoxy) is 1. The Morgan fingerprint density at radius 2 is 2.38 bits per heavy atom. The van der Waals surface area contributed by atoms with E-state index < -0.39 is 0 Å². The maximum atomic E-state index is 6.08. The Labute approximate surface area is 102 Å². The van der Waals surface area contributed by atoms with Gasteiger partial charge in [-0.1, -0.05) is 18.5 Å². The van der Waals surface area contributed by atoms with E-state index in [9.17, 15) is 0 Å². The number of nitrogens with one attached hydrogen (secondary N) is 1. The second-order valence-electron chi connectivity index (χ2n) is 3.71. The van der Waals surface area contributed by atoms with Crippen molar-refractivity contribution < 1.29 is 4.74 Å². The lowest BCUT2D eigenvalue weighted by Crippen LogP contribution is -2.32. The van der Waals surface area contributed by atoms with Crippen molar-refractivity contribution in [3.63, 3.8) is 0 Å². The smallest absolute Gasteiger partial charge is 0.0621 e. The molecule has 16 heavy (non-hydrogen) atoms. The van der Waals surface area contributed by atoms with Crippen LogP contribution in [0.1, 0.15) is 18.9 Å². The highest BCUT2D eigenvalue weighted by Gasteiger charge is 2.10. The molecule has 0 saturated heterocycles. The molecule has 0 saturated carbocycles. The zero-order valence-corrected chi connectivity index (χ0v) is 10.6. The number of hydrogen-bond donors (Lipinski definition) is 1. The molecule has 0 amide bonds. The number of nitrogens with zero attached hydrogens (tertiary/aromatic N) is 1. The van der Waals surface area contributed by atoms with Crippen LogP contribution in [-0.2, 0) is 11.2 Å². The fourth-order valence-electron chi connectivity index (χ4n) is 1.66. The minimum absolute atomic E-state index is 0.407. The lowest BCUT2D eigenvalue weighted by Gasteiger charge is -2.17. The summed E-state index contributed by atoms with van der Waals surface area (Å²) in [7, 11) is 1.72. The molecule has 1 aromatic rings. The highest BCUT2D eigenvalue weighted by atomic mass is 35.5. The molecule has 0 spiro atoms. The van der Waals surface area contributed by atoms with Gasteiger partial charge in [-0.05, 0) is 31.0 Å². The Balaban J connectivity index is 2.56. The number of halogens is 1. The van der Waals surface area contributed by atoms with Crippen LogP contribution in [0.25, 0.3) is 0 Å². The molecular formula is C12H19ClN2O. The van der Waals surface area contributed by atoms with Crippen LogP contribution in [0.3, 0.4) is 0 Å². The predicted octanol–water partition coefficient (Wildman–Crippen LogP) is 2.29. The quantitative estimate of drug-likeness (QED) is 0.797. The summed E-state index contributed by atoms with van der Waals surface area (Å²) in [6.45, 7) is 3.82. The summed E-state index contributed by atoms with van der Waals surface area (Å²) in [6.07, 6.45) is 5.37. The van der Waals surface area contributed by atoms with Crippen LogP contribution in [0.15, 0.2) is 18.5 Å². The Hall–Kier alpha value is -0.640. The molecule has 1 aromatic heterocycles. The third-order valence-corrected chi connectivity index (χ3v) is 2.83. The van der Waals surface area contributed by atoms with Crippen LogP contribution in [0, 0.1) is 0 Å². The Morgan fingerprint density at radius 3 is 3.00 bits per heavy atom. The first-order valence-corrected chi connectivity index (χ1v) is 5.96. The zero-order valence-electron chi connectivity index (χ0n) is 9.87. The van der Waals surface area contributed by atoms with E-state index in [-0.39, 0.29) is 0 Å². The summed E-state index contributed by atoms with van der Waals surface area (Å²) in [5.41, 5.74) is 1.14. The number of pyridine rings is 1. The minimum Gasteiger partial charge on any atom is -0.385 e. The molecule has 0 aliphatic heterocycles. The van der Waals surface area contributed by atoms with Gasteiger partial charge in [0.15, 0.2) is 0 Å². The first kappa shape index (κ1) is 13.4. The fraction of sp³-hybridized carbons (Fsp3) is 0.583. The van der Waals surface area contributed by atoms with Crippen molar-refractivity contribution in [3.8, 4) is 0 Å². The first-order chi connectivity index (χ1) is 7.77. The van der Waals surface area contributed by atoms with Gasteiger partial charge >= 0.3 is 0 Å². The zero-order chi connectivity index (χ0) is 11.8. The number of methoxy groups -OCH3 is 1. The van der Waals surface area contributed by atoms with E-state index in [4.69, 9.17) is 16.3 Å². The molecule has 0 aliphatic rings. The molecule has 1 atom stereocenters. The van der Waals surface area contributed by atoms with E-state index in [2.05, 4.69) is 17.2 Å². The summed E-state index contributed by atoms with van der Waals surface area (Å²) in [5, 5.41) is 4.17. The first-order valence-electron chi connectivity index (χ1n) is 5.58. The maximum absolute atomic E-state index is 6.08. The van der Waals surface area contributed by atoms with Crippen LogP contribution in [0.2, 0.25) is 5.02 Å². The number of rotatable bonds is 7. The molecule has 0 bridgehead atoms. The molecule has 0 aromatic carbocycles. The fourth-order valence-corrected chi connectivity index (χ4v) is 1.86. The SMILES string of the molecule is CCNC(CCOC)Cc1ccncc1Cl. The molecule has 0 aliphatic carbocycles. The third-order valence-electron chi connectivity index (χ3n) is 2.49. The molecule has 0 fully saturated rings. The van der Waals surface area contributed by atoms with Gasteiger partial charge in [-0.15, -0.1) is 0 Å². The van der Waals surface area contributed by atoms with Crippen LogP contribution in [-0.4, -0.2) is 31.3 Å². The molecule has 1 heterocycles. The van der Waals surface area contributed by atoms with E-state index in [0.717, 1.165) is 36.6 Å². The van der Waals surface area contributed by atoms with Crippen molar-refractivity contribution in [2.75, 3.05) is 20.3 Å². The van der Waals surface area contributed by atoms with Crippen molar-refractivity contribution >= 4 is 11.6 Å². The van der Waals surface area contributed by atoms with E-state index in [1.807, 2.05) is 6.07 Å². The average molecular weight is 243 g/mol. The number of hydrogen-bond acceptors (Lipinski definition) is 3. The van der Waals surface area contributed by atoms with Gasteiger partial charge < -0.3 is 10.1 Å². The normalized spacial score (nSPS) is 12.7. The standard InChI is InChI=1S/C12H19ClN2O/c1-3-15-11(5-7-16-2)8-10-4-6-14-9-12(10)13/h4,6,9,11,15H,3,5,7-8H2,1-2H3. The van der Waals surface area contributed by atoms with Crippen LogP contribution in [0.4, 0.5) is 0 Å². The predicted molar refractivity (Wildman–Crippen MR) is 66.9 cm³/mol. The summed E-state index contributed by atoms with van der Waals surface area (Å²) >= 11 is 6.08. The van der Waals surface area contributed by atoms with Crippen molar-refractivity contribution in [1.82, 2.24) is 10.3 Å². The van der Waals surface area contributed by atoms with Crippen LogP contribution in [0.5, 0.6) is 0 Å². The highest BCUT2D eigenvalue weighted by Crippen LogP contribution is 2.16. The highest BCUT2D eigenvalue weighted by molar-refractivity contribution is 6.31. The number of likely N-dealkylation sites (N-methyl/N-ethyl adjacent to an activating group) is 1. The summed E-state index contributed by atoms with van der Waals surface area (Å²) in [4.78, 5) is 3.98. The lowest BCUT2D eigenvalue weighted by molar-refractivity contribution is 0.183. The van der Waals surface area contributed by atoms with Gasteiger partial charge in [0.25, 0.3) is 0 Å². The van der Waals surface area contributed by atoms with Crippen molar-refractivity contribution in [2.45, 2.75) is 25.8 Å². The maximum Gasteiger partial charge on any atom is 0.0621 e. The molecule has 3 nitrogen and oxygen atoms in total. The minimum atomic E-state index is 0.407. The molecule has 90 valence electrons. The van der Waals surface area contributed by atoms with Gasteiger partial charge in [0.2, 0.25) is 0 Å². The summed E-state index contributed by atoms with van der Waals surface area (Å²) in [5.74, 6) is 0. The third kappa shape index (κ3) is 4.47. The van der Waals surface area contributed by atoms with Crippen LogP contribution >= 0.6 is 11.6 Å². The van der Waals surface area contributed by atoms with Gasteiger partial charge in [0.1, 0.15) is 0 Å². The molecule has 1 rings (SSSR count). The molecule has 1 unspecified atom stereocenters. The molecule has 1 N–H and O–H groups in total. The van der Waals surface area contributed by atoms with Crippen LogP contribution < -0.4 is 5.32 Å². The molecule has 0 radical (unpaired) electrons. The van der Waals surface area contributed by atoms with E-state index in [1.165, 1.54) is 0 Å². The van der Waals surface area contributed by atoms with Gasteiger partial charge in [0, 0.05) is 32.2 Å². The van der Waals surface area contributed by atoms with Gasteiger partial charge in [0.05, 0.1) is 5.02 Å². The second-order valence-corrected chi connectivity index (χ2v) is 4.11. The van der Waals surface area contributed by atoms with E-state index >= 15 is 0 Å². The largest absolute Gasteiger partial charge is 0.385 e. The van der Waals surface area contributed by atoms with Gasteiger partial charge in [-0.25, -0.2) is 0 Å². The Morgan fingerprint density at radius 1 is 1.56 bits per heavy atom. The second kappa shape index (κ2) is 7.60. The molecular weight excluding hydrogens is 224 g/mol. The number of aromatic nitrogens is 1. The average Bonchev–Trinajstić information content (AvgIpc) is 2.29. The van der Waals surface area contributed by atoms with E-state index in [1.54, 1.807) is 19.5 Å². The van der Waals surface area contributed by atoms with Crippen molar-refractivity contribution in [1.29, 1.82) is 0 Å². The topological polar surface area (TPSA) is 34.1 Å². The van der Waals surface area contributed by atoms with Crippen molar-refractivity contribution in [2.24, 2.45) is 0 Å².